The summed E-state index contributed by atoms with van der Waals surface area (Å²) < 4.78 is 15.5. The zero-order valence-electron chi connectivity index (χ0n) is 17.4. The van der Waals surface area contributed by atoms with Crippen molar-refractivity contribution >= 4 is 46.3 Å². The third kappa shape index (κ3) is 8.27. The molecule has 2 unspecified atom stereocenters. The maximum atomic E-state index is 11.9. The minimum Gasteiger partial charge on any atom is -0.469 e. The summed E-state index contributed by atoms with van der Waals surface area (Å²) in [7, 11) is 2.59. The van der Waals surface area contributed by atoms with E-state index in [1.165, 1.54) is 14.2 Å². The van der Waals surface area contributed by atoms with Gasteiger partial charge in [-0.15, -0.1) is 0 Å². The van der Waals surface area contributed by atoms with E-state index in [2.05, 4.69) is 9.47 Å². The lowest BCUT2D eigenvalue weighted by Crippen LogP contribution is -2.37. The first kappa shape index (κ1) is 24.6. The molecule has 2 aliphatic rings. The number of carbonyl (C=O) groups is 4. The second-order valence-electron chi connectivity index (χ2n) is 6.11. The van der Waals surface area contributed by atoms with E-state index in [0.717, 1.165) is 0 Å². The summed E-state index contributed by atoms with van der Waals surface area (Å²) in [5.74, 6) is -1.89. The van der Waals surface area contributed by atoms with Gasteiger partial charge in [0.25, 0.3) is 0 Å². The van der Waals surface area contributed by atoms with Gasteiger partial charge < -0.3 is 30.7 Å². The van der Waals surface area contributed by atoms with E-state index >= 15 is 0 Å². The molecule has 0 saturated carbocycles. The number of carbonyl (C=O) groups excluding carboxylic acids is 4. The van der Waals surface area contributed by atoms with E-state index in [-0.39, 0.29) is 36.6 Å². The average molecular weight is 515 g/mol. The summed E-state index contributed by atoms with van der Waals surface area (Å²) >= 11 is 1.96. The molecule has 10 nitrogen and oxygen atoms in total. The Hall–Kier alpha value is -1.47. The predicted molar refractivity (Wildman–Crippen MR) is 111 cm³/mol. The van der Waals surface area contributed by atoms with Crippen LogP contribution >= 0.6 is 22.6 Å². The SMILES string of the molecule is COC(=O)C1CC(=O)N(CCN2CC(C(=O)OC)CC2=O)C1.NCCN.[2H]CI. The highest BCUT2D eigenvalue weighted by molar-refractivity contribution is 14.1. The Morgan fingerprint density at radius 2 is 1.32 bits per heavy atom. The quantitative estimate of drug-likeness (QED) is 0.260. The van der Waals surface area contributed by atoms with Gasteiger partial charge in [0.1, 0.15) is 0 Å². The second kappa shape index (κ2) is 14.5. The normalized spacial score (nSPS) is 21.2. The van der Waals surface area contributed by atoms with Crippen molar-refractivity contribution < 1.29 is 30.0 Å². The molecule has 0 aromatic rings. The Bertz CT molecular complexity index is 508. The van der Waals surface area contributed by atoms with Gasteiger partial charge >= 0.3 is 11.9 Å². The number of esters is 2. The minimum atomic E-state index is -0.436. The number of rotatable bonds is 6. The third-order valence-electron chi connectivity index (χ3n) is 4.30. The standard InChI is InChI=1S/C14H20N2O6.C2H8N2.CH3I/c1-21-13(19)9-5-11(17)15(7-9)3-4-16-8-10(6-12(16)18)14(20)22-2;3-1-2-4;1-2/h9-10H,3-8H2,1-2H3;1-4H2;1H3/i;;1D. The first-order valence-electron chi connectivity index (χ1n) is 9.46. The number of ether oxygens (including phenoxy) is 2. The van der Waals surface area contributed by atoms with E-state index in [0.29, 0.717) is 44.2 Å². The van der Waals surface area contributed by atoms with E-state index < -0.39 is 11.8 Å². The fraction of sp³-hybridized carbons (Fsp3) is 0.765. The maximum Gasteiger partial charge on any atom is 0.310 e. The molecule has 162 valence electrons. The lowest BCUT2D eigenvalue weighted by Gasteiger charge is -2.21. The van der Waals surface area contributed by atoms with E-state index in [4.69, 9.17) is 12.8 Å². The van der Waals surface area contributed by atoms with Crippen LogP contribution in [0.4, 0.5) is 0 Å². The molecule has 2 saturated heterocycles. The van der Waals surface area contributed by atoms with Crippen LogP contribution in [0, 0.1) is 11.8 Å². The molecular formula is C17H31IN4O6. The van der Waals surface area contributed by atoms with Crippen LogP contribution in [0.15, 0.2) is 0 Å². The van der Waals surface area contributed by atoms with Gasteiger partial charge in [0.2, 0.25) is 11.8 Å². The molecule has 2 heterocycles. The Labute approximate surface area is 180 Å². The first-order valence-corrected chi connectivity index (χ1v) is 10.3. The molecule has 0 aromatic heterocycles. The lowest BCUT2D eigenvalue weighted by molar-refractivity contribution is -0.146. The van der Waals surface area contributed by atoms with Crippen LogP contribution < -0.4 is 11.5 Å². The summed E-state index contributed by atoms with van der Waals surface area (Å²) in [5.41, 5.74) is 9.81. The zero-order valence-corrected chi connectivity index (χ0v) is 18.6. The number of halogens is 1. The molecule has 2 atom stereocenters. The summed E-state index contributed by atoms with van der Waals surface area (Å²) in [6.45, 7) is 2.53. The highest BCUT2D eigenvalue weighted by Gasteiger charge is 2.37. The van der Waals surface area contributed by atoms with Crippen LogP contribution in [-0.4, -0.2) is 91.9 Å². The van der Waals surface area contributed by atoms with Crippen molar-refractivity contribution in [2.75, 3.05) is 58.4 Å². The molecule has 28 heavy (non-hydrogen) atoms. The number of likely N-dealkylation sites (tertiary alicyclic amines) is 2. The number of hydrogen-bond donors (Lipinski definition) is 2. The minimum absolute atomic E-state index is 0.119. The van der Waals surface area contributed by atoms with Gasteiger partial charge in [0, 0.05) is 53.5 Å². The molecular weight excluding hydrogens is 483 g/mol. The van der Waals surface area contributed by atoms with Crippen molar-refractivity contribution in [1.82, 2.24) is 9.80 Å². The molecule has 2 fully saturated rings. The van der Waals surface area contributed by atoms with E-state index in [9.17, 15) is 19.2 Å². The fourth-order valence-electron chi connectivity index (χ4n) is 2.87. The highest BCUT2D eigenvalue weighted by Crippen LogP contribution is 2.21. The van der Waals surface area contributed by atoms with Crippen LogP contribution in [0.3, 0.4) is 0 Å². The van der Waals surface area contributed by atoms with Gasteiger partial charge in [-0.05, 0) is 4.91 Å². The van der Waals surface area contributed by atoms with Crippen molar-refractivity contribution in [3.05, 3.63) is 0 Å². The fourth-order valence-corrected chi connectivity index (χ4v) is 2.87. The molecule has 0 spiro atoms. The smallest absolute Gasteiger partial charge is 0.310 e. The van der Waals surface area contributed by atoms with Crippen molar-refractivity contribution in [1.29, 1.82) is 0 Å². The van der Waals surface area contributed by atoms with Crippen LogP contribution in [0.25, 0.3) is 0 Å². The van der Waals surface area contributed by atoms with Gasteiger partial charge in [-0.25, -0.2) is 0 Å². The number of nitrogens with zero attached hydrogens (tertiary/aromatic N) is 2. The van der Waals surface area contributed by atoms with Gasteiger partial charge in [0.15, 0.2) is 0 Å². The van der Waals surface area contributed by atoms with Gasteiger partial charge in [-0.2, -0.15) is 0 Å². The summed E-state index contributed by atoms with van der Waals surface area (Å²) in [4.78, 5) is 50.2. The molecule has 2 rings (SSSR count). The topological polar surface area (TPSA) is 145 Å². The van der Waals surface area contributed by atoms with Crippen LogP contribution in [0.1, 0.15) is 14.2 Å². The van der Waals surface area contributed by atoms with E-state index in [1.807, 2.05) is 22.6 Å². The number of alkyl halides is 1. The van der Waals surface area contributed by atoms with Crippen LogP contribution in [0.2, 0.25) is 0 Å². The van der Waals surface area contributed by atoms with Crippen molar-refractivity contribution in [3.63, 3.8) is 0 Å². The largest absolute Gasteiger partial charge is 0.469 e. The van der Waals surface area contributed by atoms with Crippen molar-refractivity contribution in [2.45, 2.75) is 12.8 Å². The Morgan fingerprint density at radius 1 is 1.00 bits per heavy atom. The number of methoxy groups -OCH3 is 2. The average Bonchev–Trinajstić information content (AvgIpc) is 3.28. The van der Waals surface area contributed by atoms with Crippen LogP contribution in [0.5, 0.6) is 0 Å². The summed E-state index contributed by atoms with van der Waals surface area (Å²) in [5, 5.41) is 0. The Balaban J connectivity index is 0.000000975. The number of amides is 2. The maximum absolute atomic E-state index is 11.9. The summed E-state index contributed by atoms with van der Waals surface area (Å²) in [6, 6.07) is 0. The molecule has 0 bridgehead atoms. The van der Waals surface area contributed by atoms with Gasteiger partial charge in [0.05, 0.1) is 26.1 Å². The van der Waals surface area contributed by atoms with Crippen molar-refractivity contribution in [2.24, 2.45) is 23.3 Å². The third-order valence-corrected chi connectivity index (χ3v) is 4.30. The van der Waals surface area contributed by atoms with Crippen LogP contribution in [-0.2, 0) is 28.7 Å². The Kier molecular flexibility index (Phi) is 12.7. The van der Waals surface area contributed by atoms with Gasteiger partial charge in [-0.1, -0.05) is 22.6 Å². The molecule has 0 aliphatic carbocycles. The molecule has 2 amide bonds. The lowest BCUT2D eigenvalue weighted by atomic mass is 10.1. The second-order valence-corrected chi connectivity index (χ2v) is 6.11. The van der Waals surface area contributed by atoms with Crippen molar-refractivity contribution in [3.8, 4) is 0 Å². The molecule has 2 aliphatic heterocycles. The molecule has 0 radical (unpaired) electrons. The number of nitrogens with two attached hydrogens (primary N) is 2. The highest BCUT2D eigenvalue weighted by atomic mass is 127. The van der Waals surface area contributed by atoms with E-state index in [1.54, 1.807) is 9.80 Å². The predicted octanol–water partition coefficient (Wildman–Crippen LogP) is -1.02. The molecule has 11 heteroatoms. The number of hydrogen-bond acceptors (Lipinski definition) is 8. The molecule has 4 N–H and O–H groups in total. The Morgan fingerprint density at radius 3 is 1.57 bits per heavy atom. The zero-order chi connectivity index (χ0) is 22.4. The molecule has 0 aromatic carbocycles. The summed E-state index contributed by atoms with van der Waals surface area (Å²) in [6.07, 6.45) is 0.289. The monoisotopic (exact) mass is 515 g/mol. The van der Waals surface area contributed by atoms with Gasteiger partial charge in [-0.3, -0.25) is 19.2 Å². The first-order chi connectivity index (χ1) is 13.8.